The number of rotatable bonds is 3. The van der Waals surface area contributed by atoms with E-state index in [1.807, 2.05) is 0 Å². The van der Waals surface area contributed by atoms with Gasteiger partial charge in [-0.05, 0) is 48.7 Å². The number of thiophene rings is 1. The molecule has 3 rings (SSSR count). The Hall–Kier alpha value is -1.56. The first kappa shape index (κ1) is 15.3. The van der Waals surface area contributed by atoms with Gasteiger partial charge in [-0.15, -0.1) is 11.3 Å². The van der Waals surface area contributed by atoms with Gasteiger partial charge in [0.2, 0.25) is 5.91 Å². The summed E-state index contributed by atoms with van der Waals surface area (Å²) in [5, 5.41) is 2.51. The van der Waals surface area contributed by atoms with Gasteiger partial charge in [0.25, 0.3) is 0 Å². The summed E-state index contributed by atoms with van der Waals surface area (Å²) in [6.45, 7) is 1.82. The van der Waals surface area contributed by atoms with Crippen molar-refractivity contribution in [1.82, 2.24) is 4.90 Å². The van der Waals surface area contributed by atoms with E-state index in [9.17, 15) is 4.79 Å². The van der Waals surface area contributed by atoms with Crippen LogP contribution in [0.1, 0.15) is 26.9 Å². The van der Waals surface area contributed by atoms with E-state index in [2.05, 4.69) is 23.4 Å². The highest BCUT2D eigenvalue weighted by molar-refractivity contribution is 7.10. The maximum atomic E-state index is 11.2. The Morgan fingerprint density at radius 1 is 1.45 bits per heavy atom. The molecule has 0 radical (unpaired) electrons. The standard InChI is InChI=1S/C16H17ClN2O2S/c1-19-6-4-10-5-7-22-15(10)14(9-19)21-13-3-2-11(16(18)20)8-12(13)17/h2-3,5,7-8,14H,4,6,9H2,1H3,(H2,18,20). The molecule has 0 saturated heterocycles. The molecule has 2 heterocycles. The summed E-state index contributed by atoms with van der Waals surface area (Å²) < 4.78 is 6.14. The molecule has 1 atom stereocenters. The summed E-state index contributed by atoms with van der Waals surface area (Å²) in [6, 6.07) is 7.06. The number of hydrogen-bond donors (Lipinski definition) is 1. The number of halogens is 1. The Morgan fingerprint density at radius 2 is 2.27 bits per heavy atom. The topological polar surface area (TPSA) is 55.6 Å². The monoisotopic (exact) mass is 336 g/mol. The van der Waals surface area contributed by atoms with Crippen LogP contribution in [0.3, 0.4) is 0 Å². The second kappa shape index (κ2) is 6.28. The molecule has 1 aromatic carbocycles. The maximum absolute atomic E-state index is 11.2. The van der Waals surface area contributed by atoms with E-state index in [0.717, 1.165) is 19.5 Å². The second-order valence-electron chi connectivity index (χ2n) is 5.44. The molecule has 0 aliphatic carbocycles. The third-order valence-electron chi connectivity index (χ3n) is 3.80. The number of benzene rings is 1. The van der Waals surface area contributed by atoms with E-state index in [4.69, 9.17) is 22.1 Å². The second-order valence-corrected chi connectivity index (χ2v) is 6.79. The van der Waals surface area contributed by atoms with Gasteiger partial charge in [0.05, 0.1) is 5.02 Å². The number of fused-ring (bicyclic) bond motifs is 1. The highest BCUT2D eigenvalue weighted by Gasteiger charge is 2.25. The van der Waals surface area contributed by atoms with Crippen LogP contribution in [-0.2, 0) is 6.42 Å². The number of carbonyl (C=O) groups excluding carboxylic acids is 1. The lowest BCUT2D eigenvalue weighted by Gasteiger charge is -2.22. The van der Waals surface area contributed by atoms with E-state index in [-0.39, 0.29) is 6.10 Å². The van der Waals surface area contributed by atoms with Gasteiger partial charge in [0, 0.05) is 23.5 Å². The molecule has 4 nitrogen and oxygen atoms in total. The molecule has 22 heavy (non-hydrogen) atoms. The minimum atomic E-state index is -0.497. The van der Waals surface area contributed by atoms with Crippen molar-refractivity contribution >= 4 is 28.8 Å². The smallest absolute Gasteiger partial charge is 0.248 e. The van der Waals surface area contributed by atoms with Crippen LogP contribution in [0.25, 0.3) is 0 Å². The first-order valence-electron chi connectivity index (χ1n) is 7.05. The quantitative estimate of drug-likeness (QED) is 0.937. The van der Waals surface area contributed by atoms with Crippen LogP contribution < -0.4 is 10.5 Å². The molecule has 6 heteroatoms. The molecule has 1 aliphatic rings. The van der Waals surface area contributed by atoms with Gasteiger partial charge >= 0.3 is 0 Å². The summed E-state index contributed by atoms with van der Waals surface area (Å²) >= 11 is 7.94. The highest BCUT2D eigenvalue weighted by atomic mass is 35.5. The average Bonchev–Trinajstić information content (AvgIpc) is 2.89. The van der Waals surface area contributed by atoms with E-state index in [1.165, 1.54) is 10.4 Å². The molecule has 0 fully saturated rings. The summed E-state index contributed by atoms with van der Waals surface area (Å²) in [7, 11) is 2.09. The molecular weight excluding hydrogens is 320 g/mol. The van der Waals surface area contributed by atoms with Crippen LogP contribution in [0.4, 0.5) is 0 Å². The van der Waals surface area contributed by atoms with Crippen LogP contribution in [0, 0.1) is 0 Å². The van der Waals surface area contributed by atoms with Gasteiger partial charge in [0.15, 0.2) is 0 Å². The van der Waals surface area contributed by atoms with E-state index in [1.54, 1.807) is 29.5 Å². The Balaban J connectivity index is 1.87. The average molecular weight is 337 g/mol. The molecule has 1 aromatic heterocycles. The number of ether oxygens (including phenoxy) is 1. The molecule has 2 N–H and O–H groups in total. The minimum absolute atomic E-state index is 0.0561. The zero-order valence-electron chi connectivity index (χ0n) is 12.2. The summed E-state index contributed by atoms with van der Waals surface area (Å²) in [4.78, 5) is 14.7. The van der Waals surface area contributed by atoms with Crippen molar-refractivity contribution in [2.45, 2.75) is 12.5 Å². The number of hydrogen-bond acceptors (Lipinski definition) is 4. The minimum Gasteiger partial charge on any atom is -0.482 e. The van der Waals surface area contributed by atoms with Gasteiger partial charge in [0.1, 0.15) is 11.9 Å². The largest absolute Gasteiger partial charge is 0.482 e. The number of carbonyl (C=O) groups is 1. The third kappa shape index (κ3) is 3.11. The molecule has 2 aromatic rings. The molecule has 0 bridgehead atoms. The molecular formula is C16H17ClN2O2S. The Bertz CT molecular complexity index is 701. The lowest BCUT2D eigenvalue weighted by Crippen LogP contribution is -2.26. The molecule has 0 saturated carbocycles. The Kier molecular flexibility index (Phi) is 4.38. The molecule has 116 valence electrons. The maximum Gasteiger partial charge on any atom is 0.248 e. The van der Waals surface area contributed by atoms with Crippen LogP contribution in [0.15, 0.2) is 29.6 Å². The molecule has 0 spiro atoms. The van der Waals surface area contributed by atoms with E-state index < -0.39 is 5.91 Å². The van der Waals surface area contributed by atoms with Gasteiger partial charge in [-0.3, -0.25) is 4.79 Å². The van der Waals surface area contributed by atoms with E-state index in [0.29, 0.717) is 16.3 Å². The predicted octanol–water partition coefficient (Wildman–Crippen LogP) is 3.11. The van der Waals surface area contributed by atoms with Crippen molar-refractivity contribution in [3.05, 3.63) is 50.7 Å². The van der Waals surface area contributed by atoms with Gasteiger partial charge in [-0.1, -0.05) is 11.6 Å². The molecule has 1 amide bonds. The Morgan fingerprint density at radius 3 is 3.00 bits per heavy atom. The summed E-state index contributed by atoms with van der Waals surface area (Å²) in [5.74, 6) is 0.0782. The van der Waals surface area contributed by atoms with Gasteiger partial charge in [-0.25, -0.2) is 0 Å². The lowest BCUT2D eigenvalue weighted by molar-refractivity contribution is 0.1000. The number of primary amides is 1. The predicted molar refractivity (Wildman–Crippen MR) is 88.9 cm³/mol. The Labute approximate surface area is 138 Å². The van der Waals surface area contributed by atoms with Crippen molar-refractivity contribution < 1.29 is 9.53 Å². The highest BCUT2D eigenvalue weighted by Crippen LogP contribution is 2.35. The number of nitrogens with two attached hydrogens (primary N) is 1. The van der Waals surface area contributed by atoms with Gasteiger partial charge < -0.3 is 15.4 Å². The fraction of sp³-hybridized carbons (Fsp3) is 0.312. The van der Waals surface area contributed by atoms with Crippen LogP contribution in [0.2, 0.25) is 5.02 Å². The van der Waals surface area contributed by atoms with Crippen molar-refractivity contribution in [1.29, 1.82) is 0 Å². The van der Waals surface area contributed by atoms with Crippen LogP contribution in [-0.4, -0.2) is 30.9 Å². The van der Waals surface area contributed by atoms with Crippen LogP contribution in [0.5, 0.6) is 5.75 Å². The van der Waals surface area contributed by atoms with E-state index >= 15 is 0 Å². The van der Waals surface area contributed by atoms with Crippen molar-refractivity contribution in [2.75, 3.05) is 20.1 Å². The summed E-state index contributed by atoms with van der Waals surface area (Å²) in [6.07, 6.45) is 0.975. The van der Waals surface area contributed by atoms with Gasteiger partial charge in [-0.2, -0.15) is 0 Å². The first-order chi connectivity index (χ1) is 10.5. The van der Waals surface area contributed by atoms with Crippen LogP contribution >= 0.6 is 22.9 Å². The third-order valence-corrected chi connectivity index (χ3v) is 5.15. The van der Waals surface area contributed by atoms with Crippen molar-refractivity contribution in [3.63, 3.8) is 0 Å². The zero-order valence-corrected chi connectivity index (χ0v) is 13.8. The number of nitrogens with zero attached hydrogens (tertiary/aromatic N) is 1. The van der Waals surface area contributed by atoms with Crippen molar-refractivity contribution in [2.24, 2.45) is 5.73 Å². The zero-order chi connectivity index (χ0) is 15.7. The fourth-order valence-electron chi connectivity index (χ4n) is 2.60. The number of amides is 1. The normalized spacial score (nSPS) is 18.5. The molecule has 1 aliphatic heterocycles. The first-order valence-corrected chi connectivity index (χ1v) is 8.31. The summed E-state index contributed by atoms with van der Waals surface area (Å²) in [5.41, 5.74) is 6.98. The molecule has 1 unspecified atom stereocenters. The fourth-order valence-corrected chi connectivity index (χ4v) is 3.80. The number of likely N-dealkylation sites (N-methyl/N-ethyl adjacent to an activating group) is 1. The SMILES string of the molecule is CN1CCc2ccsc2C(Oc2ccc(C(N)=O)cc2Cl)C1. The lowest BCUT2D eigenvalue weighted by atomic mass is 10.1. The van der Waals surface area contributed by atoms with Crippen molar-refractivity contribution in [3.8, 4) is 5.75 Å².